The van der Waals surface area contributed by atoms with Gasteiger partial charge in [0, 0.05) is 19.4 Å². The first kappa shape index (κ1) is 14.9. The van der Waals surface area contributed by atoms with Gasteiger partial charge in [0.2, 0.25) is 5.91 Å². The monoisotopic (exact) mass is 276 g/mol. The molecule has 110 valence electrons. The van der Waals surface area contributed by atoms with Crippen molar-refractivity contribution in [2.24, 2.45) is 5.73 Å². The van der Waals surface area contributed by atoms with Crippen molar-refractivity contribution in [2.75, 3.05) is 6.54 Å². The first-order valence-electron chi connectivity index (χ1n) is 7.26. The molecule has 0 saturated heterocycles. The number of unbranched alkanes of at least 4 members (excludes halogenated alkanes) is 1. The van der Waals surface area contributed by atoms with Gasteiger partial charge in [-0.2, -0.15) is 0 Å². The van der Waals surface area contributed by atoms with Crippen molar-refractivity contribution < 1.29 is 9.53 Å². The normalized spacial score (nSPS) is 15.7. The summed E-state index contributed by atoms with van der Waals surface area (Å²) in [4.78, 5) is 10.6. The van der Waals surface area contributed by atoms with Crippen LogP contribution in [0.4, 0.5) is 0 Å². The third kappa shape index (κ3) is 4.23. The third-order valence-electron chi connectivity index (χ3n) is 3.48. The number of nitrogens with one attached hydrogen (secondary N) is 1. The number of rotatable bonds is 7. The molecule has 0 fully saturated rings. The number of carbonyl (C=O) groups is 1. The van der Waals surface area contributed by atoms with Crippen LogP contribution in [0.1, 0.15) is 44.2 Å². The second-order valence-electron chi connectivity index (χ2n) is 6.08. The predicted molar refractivity (Wildman–Crippen MR) is 79.6 cm³/mol. The number of ether oxygens (including phenoxy) is 1. The van der Waals surface area contributed by atoms with Gasteiger partial charge in [0.1, 0.15) is 11.4 Å². The summed E-state index contributed by atoms with van der Waals surface area (Å²) in [5, 5.41) is 3.39. The Labute approximate surface area is 120 Å². The molecule has 2 rings (SSSR count). The molecule has 0 radical (unpaired) electrons. The van der Waals surface area contributed by atoms with E-state index in [4.69, 9.17) is 10.5 Å². The van der Waals surface area contributed by atoms with Gasteiger partial charge in [-0.3, -0.25) is 4.79 Å². The zero-order chi connectivity index (χ0) is 14.6. The van der Waals surface area contributed by atoms with E-state index in [0.717, 1.165) is 38.1 Å². The molecule has 0 aromatic heterocycles. The summed E-state index contributed by atoms with van der Waals surface area (Å²) in [5.74, 6) is 0.798. The van der Waals surface area contributed by atoms with Crippen LogP contribution >= 0.6 is 0 Å². The quantitative estimate of drug-likeness (QED) is 0.750. The minimum atomic E-state index is -0.216. The van der Waals surface area contributed by atoms with Crippen LogP contribution in [-0.4, -0.2) is 18.1 Å². The molecule has 4 heteroatoms. The maximum Gasteiger partial charge on any atom is 0.217 e. The van der Waals surface area contributed by atoms with Crippen molar-refractivity contribution in [1.29, 1.82) is 0 Å². The summed E-state index contributed by atoms with van der Waals surface area (Å²) in [6.07, 6.45) is 3.28. The van der Waals surface area contributed by atoms with Gasteiger partial charge in [-0.25, -0.2) is 0 Å². The number of hydrogen-bond donors (Lipinski definition) is 2. The maximum absolute atomic E-state index is 10.6. The van der Waals surface area contributed by atoms with Crippen LogP contribution in [0, 0.1) is 0 Å². The Hall–Kier alpha value is -1.55. The summed E-state index contributed by atoms with van der Waals surface area (Å²) in [5.41, 5.74) is 7.59. The lowest BCUT2D eigenvalue weighted by molar-refractivity contribution is -0.118. The van der Waals surface area contributed by atoms with Gasteiger partial charge in [-0.15, -0.1) is 0 Å². The molecule has 3 N–H and O–H groups in total. The number of amides is 1. The Morgan fingerprint density at radius 3 is 2.95 bits per heavy atom. The van der Waals surface area contributed by atoms with Crippen molar-refractivity contribution in [3.8, 4) is 5.75 Å². The Bertz CT molecular complexity index is 483. The van der Waals surface area contributed by atoms with E-state index in [1.165, 1.54) is 11.1 Å². The average Bonchev–Trinajstić information content (AvgIpc) is 2.66. The summed E-state index contributed by atoms with van der Waals surface area (Å²) < 4.78 is 5.87. The van der Waals surface area contributed by atoms with Gasteiger partial charge in [0.15, 0.2) is 0 Å². The molecule has 1 aromatic rings. The van der Waals surface area contributed by atoms with E-state index in [1.54, 1.807) is 0 Å². The van der Waals surface area contributed by atoms with Crippen LogP contribution in [0.25, 0.3) is 0 Å². The molecule has 4 nitrogen and oxygen atoms in total. The molecular formula is C16H24N2O2. The molecule has 1 amide bonds. The topological polar surface area (TPSA) is 64.3 Å². The molecule has 0 bridgehead atoms. The Morgan fingerprint density at radius 1 is 1.40 bits per heavy atom. The smallest absolute Gasteiger partial charge is 0.217 e. The molecule has 0 spiro atoms. The third-order valence-corrected chi connectivity index (χ3v) is 3.48. The van der Waals surface area contributed by atoms with Crippen LogP contribution in [0.5, 0.6) is 5.75 Å². The molecule has 0 aliphatic carbocycles. The average molecular weight is 276 g/mol. The second kappa shape index (κ2) is 6.27. The van der Waals surface area contributed by atoms with Crippen LogP contribution in [0.2, 0.25) is 0 Å². The SMILES string of the molecule is CC1(C)Cc2cc(CNCCCCC(N)=O)ccc2O1. The molecule has 0 unspecified atom stereocenters. The summed E-state index contributed by atoms with van der Waals surface area (Å²) in [6, 6.07) is 6.39. The van der Waals surface area contributed by atoms with Crippen LogP contribution in [0.15, 0.2) is 18.2 Å². The predicted octanol–water partition coefficient (Wildman–Crippen LogP) is 2.15. The fourth-order valence-electron chi connectivity index (χ4n) is 2.55. The summed E-state index contributed by atoms with van der Waals surface area (Å²) in [6.45, 7) is 5.99. The first-order valence-corrected chi connectivity index (χ1v) is 7.26. The minimum absolute atomic E-state index is 0.0802. The van der Waals surface area contributed by atoms with Gasteiger partial charge < -0.3 is 15.8 Å². The fraction of sp³-hybridized carbons (Fsp3) is 0.562. The Balaban J connectivity index is 1.74. The van der Waals surface area contributed by atoms with E-state index in [-0.39, 0.29) is 11.5 Å². The van der Waals surface area contributed by atoms with Crippen LogP contribution < -0.4 is 15.8 Å². The van der Waals surface area contributed by atoms with Crippen molar-refractivity contribution in [3.63, 3.8) is 0 Å². The van der Waals surface area contributed by atoms with E-state index in [9.17, 15) is 4.79 Å². The highest BCUT2D eigenvalue weighted by Crippen LogP contribution is 2.35. The number of fused-ring (bicyclic) bond motifs is 1. The van der Waals surface area contributed by atoms with Crippen molar-refractivity contribution in [1.82, 2.24) is 5.32 Å². The zero-order valence-electron chi connectivity index (χ0n) is 12.4. The molecule has 0 atom stereocenters. The van der Waals surface area contributed by atoms with Crippen LogP contribution in [0.3, 0.4) is 0 Å². The Morgan fingerprint density at radius 2 is 2.20 bits per heavy atom. The number of carbonyl (C=O) groups excluding carboxylic acids is 1. The lowest BCUT2D eigenvalue weighted by Crippen LogP contribution is -2.24. The van der Waals surface area contributed by atoms with E-state index in [2.05, 4.69) is 37.4 Å². The highest BCUT2D eigenvalue weighted by atomic mass is 16.5. The van der Waals surface area contributed by atoms with Crippen LogP contribution in [-0.2, 0) is 17.8 Å². The van der Waals surface area contributed by atoms with Gasteiger partial charge in [0.25, 0.3) is 0 Å². The highest BCUT2D eigenvalue weighted by Gasteiger charge is 2.29. The zero-order valence-corrected chi connectivity index (χ0v) is 12.4. The molecular weight excluding hydrogens is 252 g/mol. The standard InChI is InChI=1S/C16H24N2O2/c1-16(2)10-13-9-12(6-7-14(13)20-16)11-18-8-4-3-5-15(17)19/h6-7,9,18H,3-5,8,10-11H2,1-2H3,(H2,17,19). The largest absolute Gasteiger partial charge is 0.487 e. The van der Waals surface area contributed by atoms with Crippen molar-refractivity contribution in [2.45, 2.75) is 51.7 Å². The van der Waals surface area contributed by atoms with Crippen molar-refractivity contribution in [3.05, 3.63) is 29.3 Å². The van der Waals surface area contributed by atoms with Crippen molar-refractivity contribution >= 4 is 5.91 Å². The maximum atomic E-state index is 10.6. The highest BCUT2D eigenvalue weighted by molar-refractivity contribution is 5.73. The number of benzene rings is 1. The molecule has 1 heterocycles. The number of primary amides is 1. The van der Waals surface area contributed by atoms with Gasteiger partial charge in [-0.1, -0.05) is 12.1 Å². The van der Waals surface area contributed by atoms with E-state index in [0.29, 0.717) is 6.42 Å². The second-order valence-corrected chi connectivity index (χ2v) is 6.08. The lowest BCUT2D eigenvalue weighted by Gasteiger charge is -2.16. The molecule has 1 aliphatic heterocycles. The Kier molecular flexibility index (Phi) is 4.65. The molecule has 1 aliphatic rings. The van der Waals surface area contributed by atoms with Gasteiger partial charge in [0.05, 0.1) is 0 Å². The number of nitrogens with two attached hydrogens (primary N) is 1. The number of hydrogen-bond acceptors (Lipinski definition) is 3. The first-order chi connectivity index (χ1) is 9.46. The minimum Gasteiger partial charge on any atom is -0.487 e. The van der Waals surface area contributed by atoms with Gasteiger partial charge in [-0.05, 0) is 50.4 Å². The fourth-order valence-corrected chi connectivity index (χ4v) is 2.55. The molecule has 0 saturated carbocycles. The van der Waals surface area contributed by atoms with E-state index >= 15 is 0 Å². The summed E-state index contributed by atoms with van der Waals surface area (Å²) >= 11 is 0. The van der Waals surface area contributed by atoms with E-state index < -0.39 is 0 Å². The van der Waals surface area contributed by atoms with Gasteiger partial charge >= 0.3 is 0 Å². The molecule has 20 heavy (non-hydrogen) atoms. The molecule has 1 aromatic carbocycles. The summed E-state index contributed by atoms with van der Waals surface area (Å²) in [7, 11) is 0. The lowest BCUT2D eigenvalue weighted by atomic mass is 10.0. The van der Waals surface area contributed by atoms with E-state index in [1.807, 2.05) is 0 Å².